The minimum atomic E-state index is -0.435. The summed E-state index contributed by atoms with van der Waals surface area (Å²) in [6, 6.07) is 11.9. The molecule has 4 nitrogen and oxygen atoms in total. The van der Waals surface area contributed by atoms with Gasteiger partial charge in [-0.05, 0) is 106 Å². The summed E-state index contributed by atoms with van der Waals surface area (Å²) in [4.78, 5) is 16.7. The summed E-state index contributed by atoms with van der Waals surface area (Å²) < 4.78 is 13.2. The predicted molar refractivity (Wildman–Crippen MR) is 129 cm³/mol. The third kappa shape index (κ3) is 4.94. The van der Waals surface area contributed by atoms with Crippen molar-refractivity contribution in [2.45, 2.75) is 39.7 Å². The second-order valence-electron chi connectivity index (χ2n) is 7.09. The topological polar surface area (TPSA) is 47.9 Å². The maximum absolute atomic E-state index is 12.3. The van der Waals surface area contributed by atoms with Gasteiger partial charge in [0.15, 0.2) is 5.70 Å². The van der Waals surface area contributed by atoms with E-state index in [4.69, 9.17) is 9.47 Å². The highest BCUT2D eigenvalue weighted by atomic mass is 127. The maximum atomic E-state index is 12.3. The molecule has 1 aliphatic heterocycles. The van der Waals surface area contributed by atoms with Crippen LogP contribution < -0.4 is 4.74 Å². The van der Waals surface area contributed by atoms with Gasteiger partial charge in [0.05, 0.1) is 13.2 Å². The first-order chi connectivity index (χ1) is 13.2. The van der Waals surface area contributed by atoms with Gasteiger partial charge in [-0.15, -0.1) is 0 Å². The summed E-state index contributed by atoms with van der Waals surface area (Å²) in [5, 5.41) is 0. The lowest BCUT2D eigenvalue weighted by Crippen LogP contribution is -2.08. The fourth-order valence-corrected chi connectivity index (χ4v) is 4.78. The van der Waals surface area contributed by atoms with Gasteiger partial charge in [-0.2, -0.15) is 0 Å². The van der Waals surface area contributed by atoms with Crippen LogP contribution in [-0.2, 0) is 9.53 Å². The van der Waals surface area contributed by atoms with Crippen LogP contribution >= 0.6 is 45.2 Å². The monoisotopic (exact) mass is 601 g/mol. The maximum Gasteiger partial charge on any atom is 0.363 e. The number of halogens is 2. The lowest BCUT2D eigenvalue weighted by atomic mass is 10.0. The second kappa shape index (κ2) is 8.94. The van der Waals surface area contributed by atoms with E-state index in [0.29, 0.717) is 17.5 Å². The van der Waals surface area contributed by atoms with Crippen molar-refractivity contribution in [1.29, 1.82) is 0 Å². The van der Waals surface area contributed by atoms with E-state index in [-0.39, 0.29) is 6.10 Å². The molecule has 3 rings (SSSR count). The Balaban J connectivity index is 1.89. The third-order valence-electron chi connectivity index (χ3n) is 4.12. The highest BCUT2D eigenvalue weighted by Gasteiger charge is 2.24. The minimum Gasteiger partial charge on any atom is -0.489 e. The van der Waals surface area contributed by atoms with Crippen molar-refractivity contribution in [3.8, 4) is 5.75 Å². The minimum absolute atomic E-state index is 0.102. The molecular weight excluding hydrogens is 580 g/mol. The number of rotatable bonds is 5. The van der Waals surface area contributed by atoms with Gasteiger partial charge in [-0.3, -0.25) is 0 Å². The number of esters is 1. The van der Waals surface area contributed by atoms with E-state index in [1.165, 1.54) is 5.56 Å². The van der Waals surface area contributed by atoms with Crippen molar-refractivity contribution >= 4 is 63.1 Å². The van der Waals surface area contributed by atoms with Gasteiger partial charge < -0.3 is 9.47 Å². The van der Waals surface area contributed by atoms with Crippen LogP contribution in [0.2, 0.25) is 0 Å². The van der Waals surface area contributed by atoms with Crippen LogP contribution in [0.1, 0.15) is 50.3 Å². The molecule has 0 spiro atoms. The van der Waals surface area contributed by atoms with E-state index in [9.17, 15) is 4.79 Å². The molecule has 1 heterocycles. The van der Waals surface area contributed by atoms with Gasteiger partial charge in [0.1, 0.15) is 5.75 Å². The molecule has 0 amide bonds. The first kappa shape index (κ1) is 21.3. The van der Waals surface area contributed by atoms with E-state index in [1.54, 1.807) is 6.08 Å². The van der Waals surface area contributed by atoms with Crippen molar-refractivity contribution in [2.24, 2.45) is 4.99 Å². The van der Waals surface area contributed by atoms with Crippen LogP contribution in [0.5, 0.6) is 5.75 Å². The van der Waals surface area contributed by atoms with Crippen molar-refractivity contribution in [3.63, 3.8) is 0 Å². The highest BCUT2D eigenvalue weighted by Crippen LogP contribution is 2.31. The summed E-state index contributed by atoms with van der Waals surface area (Å²) in [5.74, 6) is 1.22. The van der Waals surface area contributed by atoms with Gasteiger partial charge in [0.2, 0.25) is 5.90 Å². The first-order valence-electron chi connectivity index (χ1n) is 9.03. The molecule has 0 aliphatic carbocycles. The van der Waals surface area contributed by atoms with E-state index in [1.807, 2.05) is 50.2 Å². The van der Waals surface area contributed by atoms with Gasteiger partial charge in [-0.1, -0.05) is 26.0 Å². The number of cyclic esters (lactones) is 1. The molecule has 0 fully saturated rings. The van der Waals surface area contributed by atoms with Crippen LogP contribution in [0.15, 0.2) is 47.1 Å². The van der Waals surface area contributed by atoms with Crippen molar-refractivity contribution in [2.75, 3.05) is 0 Å². The zero-order valence-electron chi connectivity index (χ0n) is 16.1. The molecule has 0 saturated carbocycles. The Kier molecular flexibility index (Phi) is 6.80. The molecular formula is C22H21I2NO3. The van der Waals surface area contributed by atoms with Crippen LogP contribution in [0.4, 0.5) is 0 Å². The summed E-state index contributed by atoms with van der Waals surface area (Å²) in [6.07, 6.45) is 1.85. The van der Waals surface area contributed by atoms with Gasteiger partial charge in [0.25, 0.3) is 0 Å². The Bertz CT molecular complexity index is 937. The molecule has 0 saturated heterocycles. The molecule has 2 aromatic carbocycles. The van der Waals surface area contributed by atoms with Gasteiger partial charge in [0, 0.05) is 5.56 Å². The summed E-state index contributed by atoms with van der Waals surface area (Å²) in [5.41, 5.74) is 3.22. The first-order valence-corrected chi connectivity index (χ1v) is 11.2. The van der Waals surface area contributed by atoms with Crippen molar-refractivity contribution in [1.82, 2.24) is 0 Å². The molecule has 6 heteroatoms. The summed E-state index contributed by atoms with van der Waals surface area (Å²) >= 11 is 4.49. The van der Waals surface area contributed by atoms with Crippen LogP contribution in [-0.4, -0.2) is 18.0 Å². The molecule has 0 bridgehead atoms. The Morgan fingerprint density at radius 2 is 1.64 bits per heavy atom. The molecule has 0 radical (unpaired) electrons. The molecule has 1 aliphatic rings. The molecule has 146 valence electrons. The summed E-state index contributed by atoms with van der Waals surface area (Å²) in [7, 11) is 0. The van der Waals surface area contributed by atoms with Crippen LogP contribution in [0, 0.1) is 7.14 Å². The van der Waals surface area contributed by atoms with Crippen LogP contribution in [0.3, 0.4) is 0 Å². The standard InChI is InChI=1S/C22H21I2NO3/c1-12(2)15-5-7-16(8-6-15)21-25-19(22(26)28-21)11-14-9-17(23)20(18(24)10-14)27-13(3)4/h5-13H,1-4H3/b19-11-. The molecule has 0 aromatic heterocycles. The third-order valence-corrected chi connectivity index (χ3v) is 5.72. The SMILES string of the molecule is CC(C)Oc1c(I)cc(/C=C2\N=C(c3ccc(C(C)C)cc3)OC2=O)cc1I. The van der Waals surface area contributed by atoms with Gasteiger partial charge in [-0.25, -0.2) is 9.79 Å². The van der Waals surface area contributed by atoms with E-state index >= 15 is 0 Å². The smallest absolute Gasteiger partial charge is 0.363 e. The number of hydrogen-bond acceptors (Lipinski definition) is 4. The lowest BCUT2D eigenvalue weighted by Gasteiger charge is -2.14. The molecule has 0 unspecified atom stereocenters. The van der Waals surface area contributed by atoms with Crippen LogP contribution in [0.25, 0.3) is 6.08 Å². The second-order valence-corrected chi connectivity index (χ2v) is 9.42. The number of hydrogen-bond donors (Lipinski definition) is 0. The zero-order valence-corrected chi connectivity index (χ0v) is 20.4. The number of ether oxygens (including phenoxy) is 2. The normalized spacial score (nSPS) is 15.4. The largest absolute Gasteiger partial charge is 0.489 e. The average molecular weight is 601 g/mol. The predicted octanol–water partition coefficient (Wildman–Crippen LogP) is 6.15. The number of benzene rings is 2. The Hall–Kier alpha value is -1.42. The Morgan fingerprint density at radius 3 is 2.18 bits per heavy atom. The fourth-order valence-electron chi connectivity index (χ4n) is 2.71. The molecule has 0 N–H and O–H groups in total. The fraction of sp³-hybridized carbons (Fsp3) is 0.273. The number of carbonyl (C=O) groups is 1. The van der Waals surface area contributed by atoms with Gasteiger partial charge >= 0.3 is 5.97 Å². The molecule has 2 aromatic rings. The average Bonchev–Trinajstić information content (AvgIpc) is 2.99. The number of aliphatic imine (C=N–C) groups is 1. The van der Waals surface area contributed by atoms with Crippen molar-refractivity contribution < 1.29 is 14.3 Å². The lowest BCUT2D eigenvalue weighted by molar-refractivity contribution is -0.129. The zero-order chi connectivity index (χ0) is 20.4. The highest BCUT2D eigenvalue weighted by molar-refractivity contribution is 14.1. The Morgan fingerprint density at radius 1 is 1.04 bits per heavy atom. The number of carbonyl (C=O) groups excluding carboxylic acids is 1. The van der Waals surface area contributed by atoms with E-state index in [0.717, 1.165) is 24.0 Å². The quantitative estimate of drug-likeness (QED) is 0.235. The van der Waals surface area contributed by atoms with E-state index < -0.39 is 5.97 Å². The number of nitrogens with zero attached hydrogens (tertiary/aromatic N) is 1. The summed E-state index contributed by atoms with van der Waals surface area (Å²) in [6.45, 7) is 8.29. The molecule has 28 heavy (non-hydrogen) atoms. The van der Waals surface area contributed by atoms with E-state index in [2.05, 4.69) is 64.0 Å². The Labute approximate surface area is 192 Å². The molecule has 0 atom stereocenters. The van der Waals surface area contributed by atoms with Crippen molar-refractivity contribution in [3.05, 3.63) is 65.9 Å².